The third-order valence-corrected chi connectivity index (χ3v) is 4.60. The summed E-state index contributed by atoms with van der Waals surface area (Å²) in [5.41, 5.74) is 1.02. The Morgan fingerprint density at radius 3 is 2.70 bits per heavy atom. The molecule has 6 heteroatoms. The molecule has 2 aromatic rings. The molecule has 106 valence electrons. The predicted molar refractivity (Wildman–Crippen MR) is 77.2 cm³/mol. The lowest BCUT2D eigenvalue weighted by atomic mass is 10.1. The first kappa shape index (κ1) is 13.2. The number of aromatic nitrogens is 1. The summed E-state index contributed by atoms with van der Waals surface area (Å²) >= 11 is 1.49. The van der Waals surface area contributed by atoms with Gasteiger partial charge >= 0.3 is 5.97 Å². The number of aromatic carboxylic acids is 1. The maximum atomic E-state index is 12.3. The fraction of sp³-hybridized carbons (Fsp3) is 0.429. The van der Waals surface area contributed by atoms with Gasteiger partial charge in [0, 0.05) is 13.1 Å². The number of rotatable bonds is 3. The van der Waals surface area contributed by atoms with Crippen molar-refractivity contribution in [3.8, 4) is 0 Å². The van der Waals surface area contributed by atoms with Crippen molar-refractivity contribution in [3.05, 3.63) is 23.2 Å². The number of carbonyl (C=O) groups is 2. The summed E-state index contributed by atoms with van der Waals surface area (Å²) in [5, 5.41) is 11.2. The van der Waals surface area contributed by atoms with Crippen LogP contribution in [-0.4, -0.2) is 39.5 Å². The van der Waals surface area contributed by atoms with E-state index in [1.165, 1.54) is 17.8 Å². The number of hydrogen-bond acceptors (Lipinski definition) is 3. The summed E-state index contributed by atoms with van der Waals surface area (Å²) in [6, 6.07) is 3.52. The second-order valence-electron chi connectivity index (χ2n) is 5.03. The molecule has 1 aliphatic rings. The second kappa shape index (κ2) is 5.28. The van der Waals surface area contributed by atoms with Crippen molar-refractivity contribution in [3.63, 3.8) is 0 Å². The molecule has 0 radical (unpaired) electrons. The Kier molecular flexibility index (Phi) is 3.48. The van der Waals surface area contributed by atoms with Gasteiger partial charge in [0.05, 0.1) is 10.2 Å². The summed E-state index contributed by atoms with van der Waals surface area (Å²) in [7, 11) is 0. The van der Waals surface area contributed by atoms with E-state index < -0.39 is 5.97 Å². The third kappa shape index (κ3) is 2.31. The molecule has 0 bridgehead atoms. The number of thiophene rings is 1. The zero-order valence-corrected chi connectivity index (χ0v) is 11.9. The Balaban J connectivity index is 1.88. The van der Waals surface area contributed by atoms with E-state index in [2.05, 4.69) is 0 Å². The number of fused-ring (bicyclic) bond motifs is 1. The number of amides is 1. The lowest BCUT2D eigenvalue weighted by Crippen LogP contribution is -2.38. The first-order valence-electron chi connectivity index (χ1n) is 6.74. The van der Waals surface area contributed by atoms with Crippen LogP contribution in [0.1, 0.15) is 29.8 Å². The first-order valence-corrected chi connectivity index (χ1v) is 7.62. The molecule has 0 aromatic carbocycles. The number of likely N-dealkylation sites (tertiary alicyclic amines) is 1. The minimum atomic E-state index is -0.986. The van der Waals surface area contributed by atoms with Gasteiger partial charge in [-0.3, -0.25) is 4.79 Å². The van der Waals surface area contributed by atoms with Gasteiger partial charge in [-0.2, -0.15) is 0 Å². The molecule has 1 saturated heterocycles. The van der Waals surface area contributed by atoms with Gasteiger partial charge in [0.15, 0.2) is 0 Å². The normalized spacial score (nSPS) is 15.7. The topological polar surface area (TPSA) is 62.5 Å². The summed E-state index contributed by atoms with van der Waals surface area (Å²) in [6.45, 7) is 1.69. The van der Waals surface area contributed by atoms with Crippen LogP contribution in [0.3, 0.4) is 0 Å². The zero-order chi connectivity index (χ0) is 14.1. The van der Waals surface area contributed by atoms with Gasteiger partial charge in [-0.05, 0) is 36.8 Å². The van der Waals surface area contributed by atoms with Crippen molar-refractivity contribution < 1.29 is 14.7 Å². The largest absolute Gasteiger partial charge is 0.477 e. The highest BCUT2D eigenvalue weighted by molar-refractivity contribution is 7.17. The van der Waals surface area contributed by atoms with Crippen LogP contribution in [0.4, 0.5) is 0 Å². The van der Waals surface area contributed by atoms with Crippen LogP contribution in [-0.2, 0) is 11.3 Å². The molecule has 1 amide bonds. The molecule has 1 N–H and O–H groups in total. The molecule has 0 aliphatic carbocycles. The van der Waals surface area contributed by atoms with Gasteiger partial charge in [0.25, 0.3) is 0 Å². The monoisotopic (exact) mass is 292 g/mol. The average molecular weight is 292 g/mol. The van der Waals surface area contributed by atoms with E-state index in [4.69, 9.17) is 0 Å². The Bertz CT molecular complexity index is 652. The molecule has 0 saturated carbocycles. The van der Waals surface area contributed by atoms with E-state index in [1.807, 2.05) is 16.3 Å². The van der Waals surface area contributed by atoms with Crippen molar-refractivity contribution in [2.24, 2.45) is 0 Å². The molecule has 0 spiro atoms. The molecular weight excluding hydrogens is 276 g/mol. The van der Waals surface area contributed by atoms with E-state index in [9.17, 15) is 14.7 Å². The lowest BCUT2D eigenvalue weighted by molar-refractivity contribution is -0.132. The van der Waals surface area contributed by atoms with Gasteiger partial charge in [-0.1, -0.05) is 0 Å². The van der Waals surface area contributed by atoms with E-state index in [0.29, 0.717) is 0 Å². The van der Waals surface area contributed by atoms with Crippen molar-refractivity contribution >= 4 is 33.4 Å². The van der Waals surface area contributed by atoms with Gasteiger partial charge in [0.2, 0.25) is 5.91 Å². The summed E-state index contributed by atoms with van der Waals surface area (Å²) < 4.78 is 2.53. The fourth-order valence-corrected chi connectivity index (χ4v) is 3.53. The maximum Gasteiger partial charge on any atom is 0.352 e. The number of hydrogen-bond donors (Lipinski definition) is 1. The van der Waals surface area contributed by atoms with Crippen molar-refractivity contribution in [2.45, 2.75) is 25.8 Å². The van der Waals surface area contributed by atoms with Crippen molar-refractivity contribution in [2.75, 3.05) is 13.1 Å². The molecule has 0 atom stereocenters. The quantitative estimate of drug-likeness (QED) is 0.945. The molecule has 0 unspecified atom stereocenters. The number of carboxylic acid groups (broad SMARTS) is 1. The molecule has 3 rings (SSSR count). The highest BCUT2D eigenvalue weighted by atomic mass is 32.1. The van der Waals surface area contributed by atoms with Crippen molar-refractivity contribution in [1.29, 1.82) is 0 Å². The Morgan fingerprint density at radius 2 is 2.00 bits per heavy atom. The molecule has 5 nitrogen and oxygen atoms in total. The standard InChI is InChI=1S/C14H16N2O3S/c17-13(15-5-2-1-3-6-15)9-16-10-4-7-20-12(10)8-11(16)14(18)19/h4,7-8H,1-3,5-6,9H2,(H,18,19). The third-order valence-electron chi connectivity index (χ3n) is 3.74. The Hall–Kier alpha value is -1.82. The van der Waals surface area contributed by atoms with Gasteiger partial charge < -0.3 is 14.6 Å². The number of carboxylic acids is 1. The van der Waals surface area contributed by atoms with Crippen LogP contribution in [0.5, 0.6) is 0 Å². The van der Waals surface area contributed by atoms with E-state index >= 15 is 0 Å². The van der Waals surface area contributed by atoms with Gasteiger partial charge in [-0.25, -0.2) is 4.79 Å². The minimum absolute atomic E-state index is 0.0101. The highest BCUT2D eigenvalue weighted by Gasteiger charge is 2.21. The van der Waals surface area contributed by atoms with E-state index in [-0.39, 0.29) is 18.1 Å². The van der Waals surface area contributed by atoms with Crippen LogP contribution in [0.15, 0.2) is 17.5 Å². The molecular formula is C14H16N2O3S. The number of nitrogens with zero attached hydrogens (tertiary/aromatic N) is 2. The Morgan fingerprint density at radius 1 is 1.25 bits per heavy atom. The van der Waals surface area contributed by atoms with Crippen LogP contribution in [0.2, 0.25) is 0 Å². The second-order valence-corrected chi connectivity index (χ2v) is 5.98. The summed E-state index contributed by atoms with van der Waals surface area (Å²) in [5.74, 6) is -0.976. The molecule has 2 aromatic heterocycles. The SMILES string of the molecule is O=C(O)c1cc2sccc2n1CC(=O)N1CCCCC1. The first-order chi connectivity index (χ1) is 9.66. The Labute approximate surface area is 120 Å². The molecule has 20 heavy (non-hydrogen) atoms. The van der Waals surface area contributed by atoms with Gasteiger partial charge in [-0.15, -0.1) is 11.3 Å². The lowest BCUT2D eigenvalue weighted by Gasteiger charge is -2.27. The minimum Gasteiger partial charge on any atom is -0.477 e. The fourth-order valence-electron chi connectivity index (χ4n) is 2.70. The maximum absolute atomic E-state index is 12.3. The van der Waals surface area contributed by atoms with Crippen molar-refractivity contribution in [1.82, 2.24) is 9.47 Å². The van der Waals surface area contributed by atoms with Crippen LogP contribution < -0.4 is 0 Å². The van der Waals surface area contributed by atoms with Crippen LogP contribution in [0, 0.1) is 0 Å². The van der Waals surface area contributed by atoms with Crippen LogP contribution >= 0.6 is 11.3 Å². The smallest absolute Gasteiger partial charge is 0.352 e. The highest BCUT2D eigenvalue weighted by Crippen LogP contribution is 2.25. The predicted octanol–water partition coefficient (Wildman–Crippen LogP) is 2.41. The number of piperidine rings is 1. The van der Waals surface area contributed by atoms with E-state index in [1.54, 1.807) is 10.6 Å². The molecule has 3 heterocycles. The van der Waals surface area contributed by atoms with E-state index in [0.717, 1.165) is 36.1 Å². The summed E-state index contributed by atoms with van der Waals surface area (Å²) in [6.07, 6.45) is 3.25. The average Bonchev–Trinajstić information content (AvgIpc) is 3.02. The zero-order valence-electron chi connectivity index (χ0n) is 11.0. The number of carbonyl (C=O) groups excluding carboxylic acids is 1. The molecule has 1 aliphatic heterocycles. The van der Waals surface area contributed by atoms with Crippen LogP contribution in [0.25, 0.3) is 10.2 Å². The summed E-state index contributed by atoms with van der Waals surface area (Å²) in [4.78, 5) is 25.5. The van der Waals surface area contributed by atoms with Gasteiger partial charge in [0.1, 0.15) is 12.2 Å². The molecule has 1 fully saturated rings.